The molecule has 0 bridgehead atoms. The van der Waals surface area contributed by atoms with Crippen LogP contribution in [0.15, 0.2) is 30.7 Å². The van der Waals surface area contributed by atoms with E-state index in [2.05, 4.69) is 20.2 Å². The molecule has 2 heterocycles. The van der Waals surface area contributed by atoms with Gasteiger partial charge >= 0.3 is 0 Å². The Morgan fingerprint density at radius 1 is 0.957 bits per heavy atom. The Hall–Kier alpha value is -2.54. The minimum absolute atomic E-state index is 0.0344. The number of halogens is 4. The second-order valence-electron chi connectivity index (χ2n) is 4.67. The van der Waals surface area contributed by atoms with E-state index in [1.54, 1.807) is 13.0 Å². The zero-order valence-electron chi connectivity index (χ0n) is 11.7. The molecule has 8 heteroatoms. The zero-order chi connectivity index (χ0) is 16.6. The summed E-state index contributed by atoms with van der Waals surface area (Å²) < 4.78 is 41.5. The Labute approximate surface area is 134 Å². The summed E-state index contributed by atoms with van der Waals surface area (Å²) in [5.41, 5.74) is 0.520. The number of benzene rings is 1. The van der Waals surface area contributed by atoms with Crippen LogP contribution in [0.1, 0.15) is 5.69 Å². The van der Waals surface area contributed by atoms with Gasteiger partial charge < -0.3 is 0 Å². The summed E-state index contributed by atoms with van der Waals surface area (Å²) >= 11 is 6.03. The topological polar surface area (TPSA) is 51.6 Å². The SMILES string of the molecule is Cc1nnc(Cl)c(-c2c(F)cc(F)cc2F)c1-c1ccncn1. The summed E-state index contributed by atoms with van der Waals surface area (Å²) in [7, 11) is 0. The van der Waals surface area contributed by atoms with E-state index < -0.39 is 23.0 Å². The molecule has 0 aliphatic rings. The van der Waals surface area contributed by atoms with E-state index >= 15 is 0 Å². The van der Waals surface area contributed by atoms with Gasteiger partial charge in [-0.25, -0.2) is 23.1 Å². The Morgan fingerprint density at radius 2 is 1.65 bits per heavy atom. The molecule has 4 nitrogen and oxygen atoms in total. The van der Waals surface area contributed by atoms with E-state index in [0.717, 1.165) is 0 Å². The van der Waals surface area contributed by atoms with Crippen molar-refractivity contribution in [1.82, 2.24) is 20.2 Å². The van der Waals surface area contributed by atoms with Crippen LogP contribution in [0.5, 0.6) is 0 Å². The predicted octanol–water partition coefficient (Wildman–Crippen LogP) is 3.98. The number of nitrogens with zero attached hydrogens (tertiary/aromatic N) is 4. The quantitative estimate of drug-likeness (QED) is 0.710. The minimum Gasteiger partial charge on any atom is -0.245 e. The van der Waals surface area contributed by atoms with Crippen LogP contribution in [0, 0.1) is 24.4 Å². The maximum Gasteiger partial charge on any atom is 0.160 e. The summed E-state index contributed by atoms with van der Waals surface area (Å²) in [6.45, 7) is 1.60. The van der Waals surface area contributed by atoms with E-state index in [0.29, 0.717) is 29.1 Å². The van der Waals surface area contributed by atoms with Crippen molar-refractivity contribution in [3.63, 3.8) is 0 Å². The number of aryl methyl sites for hydroxylation is 1. The first-order chi connectivity index (χ1) is 11.0. The van der Waals surface area contributed by atoms with Crippen LogP contribution < -0.4 is 0 Å². The number of rotatable bonds is 2. The molecule has 0 aliphatic carbocycles. The Bertz CT molecular complexity index is 864. The van der Waals surface area contributed by atoms with Gasteiger partial charge in [0, 0.05) is 29.5 Å². The molecule has 0 atom stereocenters. The average Bonchev–Trinajstić information content (AvgIpc) is 2.50. The lowest BCUT2D eigenvalue weighted by Gasteiger charge is -2.14. The van der Waals surface area contributed by atoms with Crippen LogP contribution in [-0.4, -0.2) is 20.2 Å². The van der Waals surface area contributed by atoms with E-state index in [4.69, 9.17) is 11.6 Å². The van der Waals surface area contributed by atoms with Gasteiger partial charge in [-0.15, -0.1) is 5.10 Å². The lowest BCUT2D eigenvalue weighted by Crippen LogP contribution is -2.02. The molecule has 0 saturated heterocycles. The van der Waals surface area contributed by atoms with Crippen LogP contribution in [0.4, 0.5) is 13.2 Å². The third kappa shape index (κ3) is 2.75. The second-order valence-corrected chi connectivity index (χ2v) is 5.02. The van der Waals surface area contributed by atoms with Gasteiger partial charge in [0.25, 0.3) is 0 Å². The molecule has 3 aromatic rings. The van der Waals surface area contributed by atoms with Crippen molar-refractivity contribution in [3.8, 4) is 22.4 Å². The van der Waals surface area contributed by atoms with Crippen LogP contribution in [0.3, 0.4) is 0 Å². The van der Waals surface area contributed by atoms with Crippen molar-refractivity contribution in [2.24, 2.45) is 0 Å². The molecule has 1 aromatic carbocycles. The molecule has 0 aliphatic heterocycles. The zero-order valence-corrected chi connectivity index (χ0v) is 12.4. The Morgan fingerprint density at radius 3 is 2.26 bits per heavy atom. The van der Waals surface area contributed by atoms with E-state index in [9.17, 15) is 13.2 Å². The fourth-order valence-electron chi connectivity index (χ4n) is 2.26. The molecule has 0 saturated carbocycles. The smallest absolute Gasteiger partial charge is 0.160 e. The minimum atomic E-state index is -1.09. The molecule has 0 spiro atoms. The van der Waals surface area contributed by atoms with Crippen molar-refractivity contribution < 1.29 is 13.2 Å². The van der Waals surface area contributed by atoms with Gasteiger partial charge in [0.2, 0.25) is 0 Å². The van der Waals surface area contributed by atoms with Crippen molar-refractivity contribution in [2.45, 2.75) is 6.92 Å². The Kier molecular flexibility index (Phi) is 3.96. The van der Waals surface area contributed by atoms with Gasteiger partial charge in [-0.05, 0) is 13.0 Å². The molecular formula is C15H8ClF3N4. The molecule has 0 radical (unpaired) electrons. The summed E-state index contributed by atoms with van der Waals surface area (Å²) in [4.78, 5) is 7.85. The fraction of sp³-hybridized carbons (Fsp3) is 0.0667. The monoisotopic (exact) mass is 336 g/mol. The van der Waals surface area contributed by atoms with Crippen molar-refractivity contribution >= 4 is 11.6 Å². The normalized spacial score (nSPS) is 10.8. The van der Waals surface area contributed by atoms with Gasteiger partial charge in [-0.1, -0.05) is 11.6 Å². The molecule has 0 amide bonds. The first kappa shape index (κ1) is 15.4. The predicted molar refractivity (Wildman–Crippen MR) is 78.1 cm³/mol. The highest BCUT2D eigenvalue weighted by Gasteiger charge is 2.24. The first-order valence-corrected chi connectivity index (χ1v) is 6.81. The average molecular weight is 337 g/mol. The molecule has 0 fully saturated rings. The highest BCUT2D eigenvalue weighted by atomic mass is 35.5. The van der Waals surface area contributed by atoms with Crippen molar-refractivity contribution in [2.75, 3.05) is 0 Å². The lowest BCUT2D eigenvalue weighted by atomic mass is 9.97. The summed E-state index contributed by atoms with van der Waals surface area (Å²) in [6.07, 6.45) is 2.75. The lowest BCUT2D eigenvalue weighted by molar-refractivity contribution is 0.548. The van der Waals surface area contributed by atoms with E-state index in [1.807, 2.05) is 0 Å². The standard InChI is InChI=1S/C15H8ClF3N4/c1-7-12(11-2-3-20-6-21-11)14(15(16)23-22-7)13-9(18)4-8(17)5-10(13)19/h2-6H,1H3. The first-order valence-electron chi connectivity index (χ1n) is 6.43. The molecule has 116 valence electrons. The van der Waals surface area contributed by atoms with Crippen molar-refractivity contribution in [1.29, 1.82) is 0 Å². The number of hydrogen-bond donors (Lipinski definition) is 0. The van der Waals surface area contributed by atoms with Gasteiger partial charge in [0.15, 0.2) is 5.15 Å². The molecule has 3 rings (SSSR count). The fourth-order valence-corrected chi connectivity index (χ4v) is 2.49. The van der Waals surface area contributed by atoms with E-state index in [1.165, 1.54) is 12.5 Å². The van der Waals surface area contributed by atoms with Gasteiger partial charge in [0.05, 0.1) is 17.0 Å². The van der Waals surface area contributed by atoms with Gasteiger partial charge in [-0.2, -0.15) is 5.10 Å². The van der Waals surface area contributed by atoms with Gasteiger partial charge in [0.1, 0.15) is 23.8 Å². The molecule has 0 N–H and O–H groups in total. The second kappa shape index (κ2) is 5.92. The molecule has 2 aromatic heterocycles. The third-order valence-corrected chi connectivity index (χ3v) is 3.47. The van der Waals surface area contributed by atoms with Gasteiger partial charge in [-0.3, -0.25) is 0 Å². The van der Waals surface area contributed by atoms with Crippen LogP contribution in [0.25, 0.3) is 22.4 Å². The summed E-state index contributed by atoms with van der Waals surface area (Å²) in [5.74, 6) is -3.21. The van der Waals surface area contributed by atoms with Crippen LogP contribution in [0.2, 0.25) is 5.15 Å². The van der Waals surface area contributed by atoms with E-state index in [-0.39, 0.29) is 10.7 Å². The highest BCUT2D eigenvalue weighted by molar-refractivity contribution is 6.32. The molecule has 23 heavy (non-hydrogen) atoms. The largest absolute Gasteiger partial charge is 0.245 e. The third-order valence-electron chi connectivity index (χ3n) is 3.20. The summed E-state index contributed by atoms with van der Waals surface area (Å²) in [5, 5.41) is 7.33. The van der Waals surface area contributed by atoms with Crippen LogP contribution >= 0.6 is 11.6 Å². The van der Waals surface area contributed by atoms with Crippen LogP contribution in [-0.2, 0) is 0 Å². The number of aromatic nitrogens is 4. The van der Waals surface area contributed by atoms with Crippen molar-refractivity contribution in [3.05, 3.63) is 59.0 Å². The maximum absolute atomic E-state index is 14.2. The Balaban J connectivity index is 2.40. The summed E-state index contributed by atoms with van der Waals surface area (Å²) in [6, 6.07) is 2.70. The number of hydrogen-bond acceptors (Lipinski definition) is 4. The maximum atomic E-state index is 14.2. The molecular weight excluding hydrogens is 329 g/mol. The molecule has 0 unspecified atom stereocenters. The highest BCUT2D eigenvalue weighted by Crippen LogP contribution is 2.39.